The van der Waals surface area contributed by atoms with E-state index in [0.29, 0.717) is 24.2 Å². The van der Waals surface area contributed by atoms with Crippen molar-refractivity contribution in [3.63, 3.8) is 0 Å². The summed E-state index contributed by atoms with van der Waals surface area (Å²) in [4.78, 5) is 12.5. The Morgan fingerprint density at radius 2 is 1.80 bits per heavy atom. The summed E-state index contributed by atoms with van der Waals surface area (Å²) < 4.78 is 34.7. The molecule has 0 heterocycles. The second-order valence-corrected chi connectivity index (χ2v) is 5.48. The molecule has 0 aliphatic heterocycles. The zero-order valence-corrected chi connectivity index (χ0v) is 14.2. The van der Waals surface area contributed by atoms with Gasteiger partial charge in [-0.1, -0.05) is 37.3 Å². The zero-order valence-electron chi connectivity index (χ0n) is 14.2. The zero-order chi connectivity index (χ0) is 18.2. The normalized spacial score (nSPS) is 12.0. The van der Waals surface area contributed by atoms with Gasteiger partial charge in [0.25, 0.3) is 5.91 Å². The molecule has 0 aromatic heterocycles. The summed E-state index contributed by atoms with van der Waals surface area (Å²) in [5.74, 6) is -0.206. The quantitative estimate of drug-likeness (QED) is 0.772. The molecule has 2 aromatic carbocycles. The number of ether oxygens (including phenoxy) is 2. The van der Waals surface area contributed by atoms with Crippen LogP contribution in [0.15, 0.2) is 48.5 Å². The molecule has 0 radical (unpaired) electrons. The van der Waals surface area contributed by atoms with Gasteiger partial charge < -0.3 is 14.8 Å². The van der Waals surface area contributed by atoms with Gasteiger partial charge in [-0.15, -0.1) is 0 Å². The molecule has 1 atom stereocenters. The Balaban J connectivity index is 2.15. The number of carbonyl (C=O) groups is 1. The van der Waals surface area contributed by atoms with Gasteiger partial charge in [-0.05, 0) is 30.2 Å². The molecule has 1 amide bonds. The van der Waals surface area contributed by atoms with E-state index in [-0.39, 0.29) is 11.7 Å². The van der Waals surface area contributed by atoms with E-state index in [9.17, 15) is 13.6 Å². The number of methoxy groups -OCH3 is 1. The van der Waals surface area contributed by atoms with Gasteiger partial charge in [0.1, 0.15) is 5.75 Å². The summed E-state index contributed by atoms with van der Waals surface area (Å²) in [5.41, 5.74) is 1.97. The fraction of sp³-hybridized carbons (Fsp3) is 0.316. The Labute approximate surface area is 145 Å². The van der Waals surface area contributed by atoms with Crippen molar-refractivity contribution < 1.29 is 23.0 Å². The smallest absolute Gasteiger partial charge is 0.387 e. The summed E-state index contributed by atoms with van der Waals surface area (Å²) in [6.07, 6.45) is 0.539. The summed E-state index contributed by atoms with van der Waals surface area (Å²) >= 11 is 0. The number of hydrogen-bond donors (Lipinski definition) is 1. The SMILES string of the molecule is CC[C@@H](NC(=O)c1ccc(COC)cc1)c1ccccc1OC(F)F. The molecule has 0 saturated heterocycles. The first-order chi connectivity index (χ1) is 12.0. The number of carbonyl (C=O) groups excluding carboxylic acids is 1. The number of alkyl halides is 2. The van der Waals surface area contributed by atoms with E-state index in [0.717, 1.165) is 5.56 Å². The van der Waals surface area contributed by atoms with Crippen LogP contribution < -0.4 is 10.1 Å². The van der Waals surface area contributed by atoms with Gasteiger partial charge in [-0.3, -0.25) is 4.79 Å². The molecule has 4 nitrogen and oxygen atoms in total. The highest BCUT2D eigenvalue weighted by atomic mass is 19.3. The van der Waals surface area contributed by atoms with E-state index >= 15 is 0 Å². The lowest BCUT2D eigenvalue weighted by atomic mass is 10.0. The first-order valence-corrected chi connectivity index (χ1v) is 7.97. The van der Waals surface area contributed by atoms with Gasteiger partial charge in [-0.2, -0.15) is 8.78 Å². The Hall–Kier alpha value is -2.47. The van der Waals surface area contributed by atoms with Gasteiger partial charge in [0, 0.05) is 18.2 Å². The van der Waals surface area contributed by atoms with Gasteiger partial charge >= 0.3 is 6.61 Å². The van der Waals surface area contributed by atoms with Crippen LogP contribution in [0.5, 0.6) is 5.75 Å². The first kappa shape index (κ1) is 18.9. The number of nitrogens with one attached hydrogen (secondary N) is 1. The fourth-order valence-electron chi connectivity index (χ4n) is 2.53. The van der Waals surface area contributed by atoms with Crippen molar-refractivity contribution in [1.82, 2.24) is 5.32 Å². The lowest BCUT2D eigenvalue weighted by molar-refractivity contribution is -0.0506. The van der Waals surface area contributed by atoms with Crippen molar-refractivity contribution in [2.45, 2.75) is 32.6 Å². The molecular weight excluding hydrogens is 328 g/mol. The Kier molecular flexibility index (Phi) is 6.89. The summed E-state index contributed by atoms with van der Waals surface area (Å²) in [6, 6.07) is 13.1. The molecule has 25 heavy (non-hydrogen) atoms. The lowest BCUT2D eigenvalue weighted by Crippen LogP contribution is -2.28. The molecule has 2 rings (SSSR count). The summed E-state index contributed by atoms with van der Waals surface area (Å²) in [5, 5.41) is 2.87. The second kappa shape index (κ2) is 9.13. The molecule has 134 valence electrons. The van der Waals surface area contributed by atoms with E-state index in [4.69, 9.17) is 4.74 Å². The van der Waals surface area contributed by atoms with Gasteiger partial charge in [0.2, 0.25) is 0 Å². The number of benzene rings is 2. The molecular formula is C19H21F2NO3. The Morgan fingerprint density at radius 3 is 2.40 bits per heavy atom. The first-order valence-electron chi connectivity index (χ1n) is 7.97. The van der Waals surface area contributed by atoms with Crippen LogP contribution in [0.25, 0.3) is 0 Å². The van der Waals surface area contributed by atoms with E-state index in [2.05, 4.69) is 10.1 Å². The Bertz CT molecular complexity index is 689. The van der Waals surface area contributed by atoms with Crippen LogP contribution in [-0.4, -0.2) is 19.6 Å². The molecule has 0 aliphatic rings. The van der Waals surface area contributed by atoms with Crippen molar-refractivity contribution in [2.24, 2.45) is 0 Å². The van der Waals surface area contributed by atoms with Gasteiger partial charge in [0.15, 0.2) is 0 Å². The maximum atomic E-state index is 12.6. The molecule has 0 fully saturated rings. The van der Waals surface area contributed by atoms with Crippen molar-refractivity contribution in [3.05, 3.63) is 65.2 Å². The van der Waals surface area contributed by atoms with Crippen molar-refractivity contribution in [2.75, 3.05) is 7.11 Å². The van der Waals surface area contributed by atoms with Gasteiger partial charge in [-0.25, -0.2) is 0 Å². The van der Waals surface area contributed by atoms with Crippen LogP contribution in [0.4, 0.5) is 8.78 Å². The highest BCUT2D eigenvalue weighted by Crippen LogP contribution is 2.28. The molecule has 0 aliphatic carbocycles. The average molecular weight is 349 g/mol. The number of amides is 1. The minimum atomic E-state index is -2.91. The maximum Gasteiger partial charge on any atom is 0.387 e. The topological polar surface area (TPSA) is 47.6 Å². The fourth-order valence-corrected chi connectivity index (χ4v) is 2.53. The highest BCUT2D eigenvalue weighted by molar-refractivity contribution is 5.94. The van der Waals surface area contributed by atoms with Crippen molar-refractivity contribution in [3.8, 4) is 5.75 Å². The molecule has 1 N–H and O–H groups in total. The number of rotatable bonds is 8. The molecule has 6 heteroatoms. The monoisotopic (exact) mass is 349 g/mol. The van der Waals surface area contributed by atoms with E-state index in [1.54, 1.807) is 37.4 Å². The third-order valence-corrected chi connectivity index (χ3v) is 3.75. The summed E-state index contributed by atoms with van der Waals surface area (Å²) in [6.45, 7) is -0.577. The number of halogens is 2. The molecule has 0 spiro atoms. The number of para-hydroxylation sites is 1. The largest absolute Gasteiger partial charge is 0.434 e. The van der Waals surface area contributed by atoms with Crippen LogP contribution >= 0.6 is 0 Å². The maximum absolute atomic E-state index is 12.6. The van der Waals surface area contributed by atoms with Crippen molar-refractivity contribution >= 4 is 5.91 Å². The standard InChI is InChI=1S/C19H21F2NO3/c1-3-16(15-6-4-5-7-17(15)25-19(20)21)22-18(23)14-10-8-13(9-11-14)12-24-2/h4-11,16,19H,3,12H2,1-2H3,(H,22,23)/t16-/m1/s1. The van der Waals surface area contributed by atoms with Gasteiger partial charge in [0.05, 0.1) is 12.6 Å². The molecule has 2 aromatic rings. The van der Waals surface area contributed by atoms with Crippen LogP contribution in [0.3, 0.4) is 0 Å². The minimum absolute atomic E-state index is 0.0695. The van der Waals surface area contributed by atoms with E-state index < -0.39 is 12.7 Å². The predicted octanol–water partition coefficient (Wildman–Crippen LogP) is 4.32. The van der Waals surface area contributed by atoms with Crippen LogP contribution in [0, 0.1) is 0 Å². The lowest BCUT2D eigenvalue weighted by Gasteiger charge is -2.20. The van der Waals surface area contributed by atoms with E-state index in [1.807, 2.05) is 19.1 Å². The molecule has 0 unspecified atom stereocenters. The summed E-state index contributed by atoms with van der Waals surface area (Å²) in [7, 11) is 1.60. The predicted molar refractivity (Wildman–Crippen MR) is 90.7 cm³/mol. The minimum Gasteiger partial charge on any atom is -0.434 e. The molecule has 0 bridgehead atoms. The number of hydrogen-bond acceptors (Lipinski definition) is 3. The van der Waals surface area contributed by atoms with E-state index in [1.165, 1.54) is 6.07 Å². The third kappa shape index (κ3) is 5.26. The van der Waals surface area contributed by atoms with Crippen molar-refractivity contribution in [1.29, 1.82) is 0 Å². The second-order valence-electron chi connectivity index (χ2n) is 5.48. The molecule has 0 saturated carbocycles. The third-order valence-electron chi connectivity index (χ3n) is 3.75. The highest BCUT2D eigenvalue weighted by Gasteiger charge is 2.19. The average Bonchev–Trinajstić information content (AvgIpc) is 2.60. The Morgan fingerprint density at radius 1 is 1.12 bits per heavy atom. The van der Waals surface area contributed by atoms with Crippen LogP contribution in [0.1, 0.15) is 40.9 Å². The van der Waals surface area contributed by atoms with Crippen LogP contribution in [-0.2, 0) is 11.3 Å². The van der Waals surface area contributed by atoms with Crippen LogP contribution in [0.2, 0.25) is 0 Å².